The molecule has 0 bridgehead atoms. The number of carbonyl (C=O) groups excluding carboxylic acids is 1. The second kappa shape index (κ2) is 5.68. The monoisotopic (exact) mass is 233 g/mol. The number of nitrogens with zero attached hydrogens (tertiary/aromatic N) is 1. The Bertz CT molecular complexity index is 387. The predicted octanol–water partition coefficient (Wildman–Crippen LogP) is 1.79. The van der Waals surface area contributed by atoms with Gasteiger partial charge in [0.1, 0.15) is 11.9 Å². The van der Waals surface area contributed by atoms with Gasteiger partial charge in [0.15, 0.2) is 0 Å². The predicted molar refractivity (Wildman–Crippen MR) is 66.3 cm³/mol. The van der Waals surface area contributed by atoms with E-state index < -0.39 is 0 Å². The fraction of sp³-hybridized carbons (Fsp3) is 0.462. The lowest BCUT2D eigenvalue weighted by Crippen LogP contribution is -2.30. The van der Waals surface area contributed by atoms with Gasteiger partial charge in [0.2, 0.25) is 5.91 Å². The van der Waals surface area contributed by atoms with Crippen molar-refractivity contribution in [1.29, 1.82) is 0 Å². The summed E-state index contributed by atoms with van der Waals surface area (Å²) in [6, 6.07) is 7.50. The number of ether oxygens (including phenoxy) is 1. The molecule has 0 unspecified atom stereocenters. The Balaban J connectivity index is 1.97. The smallest absolute Gasteiger partial charge is 0.221 e. The van der Waals surface area contributed by atoms with E-state index in [9.17, 15) is 4.79 Å². The van der Waals surface area contributed by atoms with Crippen molar-refractivity contribution in [3.05, 3.63) is 24.3 Å². The summed E-state index contributed by atoms with van der Waals surface area (Å²) >= 11 is 0. The Morgan fingerprint density at radius 2 is 2.18 bits per heavy atom. The summed E-state index contributed by atoms with van der Waals surface area (Å²) in [4.78, 5) is 11.0. The molecule has 0 atom stereocenters. The molecule has 4 heteroatoms. The van der Waals surface area contributed by atoms with Crippen LogP contribution in [0.25, 0.3) is 0 Å². The van der Waals surface area contributed by atoms with Crippen LogP contribution in [0.2, 0.25) is 0 Å². The second-order valence-electron chi connectivity index (χ2n) is 4.20. The minimum absolute atomic E-state index is 0.0707. The summed E-state index contributed by atoms with van der Waals surface area (Å²) in [6.45, 7) is 3.27. The minimum atomic E-state index is -0.0707. The van der Waals surface area contributed by atoms with Crippen molar-refractivity contribution in [2.75, 3.05) is 18.4 Å². The first kappa shape index (κ1) is 11.9. The molecule has 1 fully saturated rings. The van der Waals surface area contributed by atoms with Crippen molar-refractivity contribution in [2.24, 2.45) is 0 Å². The molecule has 1 aliphatic rings. The number of rotatable bonds is 3. The maximum absolute atomic E-state index is 11.0. The lowest BCUT2D eigenvalue weighted by atomic mass is 10.1. The number of hydrogen-bond donors (Lipinski definition) is 1. The topological polar surface area (TPSA) is 52.4 Å². The fourth-order valence-corrected chi connectivity index (χ4v) is 1.89. The highest BCUT2D eigenvalue weighted by molar-refractivity contribution is 5.88. The molecule has 4 nitrogen and oxygen atoms in total. The third-order valence-electron chi connectivity index (χ3n) is 2.68. The second-order valence-corrected chi connectivity index (χ2v) is 4.20. The van der Waals surface area contributed by atoms with E-state index in [2.05, 4.69) is 10.6 Å². The normalized spacial score (nSPS) is 16.5. The van der Waals surface area contributed by atoms with E-state index in [1.54, 1.807) is 0 Å². The van der Waals surface area contributed by atoms with Crippen molar-refractivity contribution < 1.29 is 9.53 Å². The fourth-order valence-electron chi connectivity index (χ4n) is 1.89. The summed E-state index contributed by atoms with van der Waals surface area (Å²) in [6.07, 6.45) is 2.20. The third-order valence-corrected chi connectivity index (χ3v) is 2.68. The summed E-state index contributed by atoms with van der Waals surface area (Å²) < 4.78 is 5.87. The van der Waals surface area contributed by atoms with Gasteiger partial charge >= 0.3 is 0 Å². The molecule has 1 radical (unpaired) electrons. The number of carbonyl (C=O) groups is 1. The van der Waals surface area contributed by atoms with Crippen molar-refractivity contribution in [1.82, 2.24) is 5.32 Å². The van der Waals surface area contributed by atoms with Crippen LogP contribution in [0.5, 0.6) is 5.75 Å². The van der Waals surface area contributed by atoms with Gasteiger partial charge in [-0.2, -0.15) is 0 Å². The van der Waals surface area contributed by atoms with Crippen LogP contribution in [0.15, 0.2) is 24.3 Å². The highest BCUT2D eigenvalue weighted by Gasteiger charge is 2.15. The summed E-state index contributed by atoms with van der Waals surface area (Å²) in [7, 11) is 0. The zero-order chi connectivity index (χ0) is 12.1. The van der Waals surface area contributed by atoms with E-state index in [4.69, 9.17) is 4.74 Å². The van der Waals surface area contributed by atoms with E-state index in [1.165, 1.54) is 6.92 Å². The Labute approximate surface area is 101 Å². The Morgan fingerprint density at radius 3 is 2.88 bits per heavy atom. The Hall–Kier alpha value is -1.55. The molecule has 0 spiro atoms. The first-order valence-electron chi connectivity index (χ1n) is 5.91. The zero-order valence-corrected chi connectivity index (χ0v) is 9.98. The van der Waals surface area contributed by atoms with Gasteiger partial charge < -0.3 is 10.1 Å². The molecule has 2 rings (SSSR count). The van der Waals surface area contributed by atoms with Gasteiger partial charge in [-0.3, -0.25) is 4.79 Å². The first-order chi connectivity index (χ1) is 8.24. The molecular formula is C13H17N2O2. The van der Waals surface area contributed by atoms with E-state index >= 15 is 0 Å². The highest BCUT2D eigenvalue weighted by atomic mass is 16.5. The molecule has 1 heterocycles. The van der Waals surface area contributed by atoms with Crippen LogP contribution < -0.4 is 15.4 Å². The SMILES string of the molecule is CC(=O)Nc1cccc(OC2CC[N]CC2)c1. The molecule has 0 aliphatic carbocycles. The van der Waals surface area contributed by atoms with Gasteiger partial charge in [-0.05, 0) is 25.0 Å². The average molecular weight is 233 g/mol. The van der Waals surface area contributed by atoms with Crippen LogP contribution in [-0.2, 0) is 4.79 Å². The molecule has 1 aliphatic heterocycles. The van der Waals surface area contributed by atoms with Crippen LogP contribution >= 0.6 is 0 Å². The summed E-state index contributed by atoms with van der Waals surface area (Å²) in [5.41, 5.74) is 0.774. The van der Waals surface area contributed by atoms with Crippen LogP contribution in [0, 0.1) is 0 Å². The average Bonchev–Trinajstić information content (AvgIpc) is 2.30. The number of nitrogens with one attached hydrogen (secondary N) is 1. The lowest BCUT2D eigenvalue weighted by molar-refractivity contribution is -0.114. The number of benzene rings is 1. The van der Waals surface area contributed by atoms with Crippen LogP contribution in [0.1, 0.15) is 19.8 Å². The molecule has 1 amide bonds. The van der Waals surface area contributed by atoms with E-state index in [0.717, 1.165) is 37.4 Å². The van der Waals surface area contributed by atoms with Crippen LogP contribution in [-0.4, -0.2) is 25.1 Å². The molecule has 1 saturated heterocycles. The number of piperidine rings is 1. The molecule has 1 aromatic carbocycles. The molecular weight excluding hydrogens is 216 g/mol. The van der Waals surface area contributed by atoms with Gasteiger partial charge in [0, 0.05) is 31.8 Å². The molecule has 0 saturated carbocycles. The number of amides is 1. The largest absolute Gasteiger partial charge is 0.490 e. The van der Waals surface area contributed by atoms with Crippen LogP contribution in [0.4, 0.5) is 5.69 Å². The molecule has 91 valence electrons. The number of hydrogen-bond acceptors (Lipinski definition) is 2. The van der Waals surface area contributed by atoms with Gasteiger partial charge in [0.05, 0.1) is 0 Å². The van der Waals surface area contributed by atoms with E-state index in [-0.39, 0.29) is 12.0 Å². The third kappa shape index (κ3) is 3.75. The standard InChI is InChI=1S/C13H17N2O2/c1-10(16)15-11-3-2-4-13(9-11)17-12-5-7-14-8-6-12/h2-4,9,12H,5-8H2,1H3,(H,15,16). The zero-order valence-electron chi connectivity index (χ0n) is 9.98. The molecule has 17 heavy (non-hydrogen) atoms. The van der Waals surface area contributed by atoms with Gasteiger partial charge in [-0.15, -0.1) is 0 Å². The van der Waals surface area contributed by atoms with Crippen molar-refractivity contribution in [2.45, 2.75) is 25.9 Å². The summed E-state index contributed by atoms with van der Waals surface area (Å²) in [5.74, 6) is 0.738. The molecule has 1 aromatic rings. The maximum atomic E-state index is 11.0. The lowest BCUT2D eigenvalue weighted by Gasteiger charge is -2.23. The van der Waals surface area contributed by atoms with Gasteiger partial charge in [-0.25, -0.2) is 5.32 Å². The van der Waals surface area contributed by atoms with Gasteiger partial charge in [-0.1, -0.05) is 6.07 Å². The molecule has 1 N–H and O–H groups in total. The minimum Gasteiger partial charge on any atom is -0.490 e. The number of anilines is 1. The molecule has 0 aromatic heterocycles. The maximum Gasteiger partial charge on any atom is 0.221 e. The first-order valence-corrected chi connectivity index (χ1v) is 5.91. The Kier molecular flexibility index (Phi) is 3.98. The van der Waals surface area contributed by atoms with Crippen molar-refractivity contribution in [3.63, 3.8) is 0 Å². The summed E-state index contributed by atoms with van der Waals surface area (Å²) in [5, 5.41) is 7.03. The van der Waals surface area contributed by atoms with E-state index in [0.29, 0.717) is 0 Å². The van der Waals surface area contributed by atoms with Gasteiger partial charge in [0.25, 0.3) is 0 Å². The quantitative estimate of drug-likeness (QED) is 0.865. The van der Waals surface area contributed by atoms with Crippen molar-refractivity contribution >= 4 is 11.6 Å². The van der Waals surface area contributed by atoms with Crippen LogP contribution in [0.3, 0.4) is 0 Å². The Morgan fingerprint density at radius 1 is 1.41 bits per heavy atom. The van der Waals surface area contributed by atoms with E-state index in [1.807, 2.05) is 24.3 Å². The highest BCUT2D eigenvalue weighted by Crippen LogP contribution is 2.20. The van der Waals surface area contributed by atoms with Crippen molar-refractivity contribution in [3.8, 4) is 5.75 Å².